The molecule has 1 aromatic heterocycles. The van der Waals surface area contributed by atoms with Crippen LogP contribution in [-0.4, -0.2) is 47.0 Å². The molecule has 0 N–H and O–H groups in total. The van der Waals surface area contributed by atoms with E-state index in [-0.39, 0.29) is 0 Å². The number of rotatable bonds is 3. The largest absolute Gasteiger partial charge is 0.299 e. The average molecular weight is 273 g/mol. The van der Waals surface area contributed by atoms with Gasteiger partial charge < -0.3 is 0 Å². The highest BCUT2D eigenvalue weighted by Gasteiger charge is 2.25. The van der Waals surface area contributed by atoms with E-state index < -0.39 is 0 Å². The van der Waals surface area contributed by atoms with Crippen LogP contribution in [0.5, 0.6) is 0 Å². The smallest absolute Gasteiger partial charge is 0.0543 e. The van der Waals surface area contributed by atoms with E-state index in [4.69, 9.17) is 0 Å². The molecular formula is C17H27N3. The predicted octanol–water partition coefficient (Wildman–Crippen LogP) is 2.92. The molecule has 0 radical (unpaired) electrons. The molecule has 0 saturated carbocycles. The Labute approximate surface area is 123 Å². The maximum Gasteiger partial charge on any atom is 0.0543 e. The van der Waals surface area contributed by atoms with Gasteiger partial charge in [0.1, 0.15) is 0 Å². The molecular weight excluding hydrogens is 246 g/mol. The summed E-state index contributed by atoms with van der Waals surface area (Å²) in [5.41, 5.74) is 1.21. The molecule has 3 rings (SSSR count). The Kier molecular flexibility index (Phi) is 5.04. The van der Waals surface area contributed by atoms with Gasteiger partial charge >= 0.3 is 0 Å². The third-order valence-electron chi connectivity index (χ3n) is 4.75. The summed E-state index contributed by atoms with van der Waals surface area (Å²) in [4.78, 5) is 9.83. The number of likely N-dealkylation sites (tertiary alicyclic amines) is 2. The third-order valence-corrected chi connectivity index (χ3v) is 4.75. The van der Waals surface area contributed by atoms with Crippen LogP contribution in [0.3, 0.4) is 0 Å². The van der Waals surface area contributed by atoms with Gasteiger partial charge in [-0.2, -0.15) is 0 Å². The minimum Gasteiger partial charge on any atom is -0.299 e. The Bertz CT molecular complexity index is 384. The van der Waals surface area contributed by atoms with Crippen molar-refractivity contribution in [1.29, 1.82) is 0 Å². The lowest BCUT2D eigenvalue weighted by Crippen LogP contribution is -2.48. The molecule has 2 saturated heterocycles. The van der Waals surface area contributed by atoms with Crippen molar-refractivity contribution in [2.24, 2.45) is 0 Å². The molecule has 1 aromatic rings. The number of hydrogen-bond acceptors (Lipinski definition) is 3. The molecule has 3 nitrogen and oxygen atoms in total. The molecule has 0 unspecified atom stereocenters. The van der Waals surface area contributed by atoms with Crippen molar-refractivity contribution in [2.45, 2.75) is 51.1 Å². The van der Waals surface area contributed by atoms with Crippen LogP contribution in [0.25, 0.3) is 0 Å². The van der Waals surface area contributed by atoms with Crippen molar-refractivity contribution in [3.8, 4) is 0 Å². The van der Waals surface area contributed by atoms with Gasteiger partial charge in [0, 0.05) is 25.3 Å². The first kappa shape index (κ1) is 14.0. The van der Waals surface area contributed by atoms with Crippen molar-refractivity contribution in [2.75, 3.05) is 26.2 Å². The van der Waals surface area contributed by atoms with Gasteiger partial charge in [0.25, 0.3) is 0 Å². The zero-order valence-corrected chi connectivity index (χ0v) is 12.5. The maximum absolute atomic E-state index is 4.47. The lowest BCUT2D eigenvalue weighted by Gasteiger charge is -2.39. The van der Waals surface area contributed by atoms with Crippen molar-refractivity contribution >= 4 is 0 Å². The maximum atomic E-state index is 4.47. The van der Waals surface area contributed by atoms with E-state index in [0.29, 0.717) is 0 Å². The molecule has 0 bridgehead atoms. The highest BCUT2D eigenvalue weighted by atomic mass is 15.2. The number of nitrogens with zero attached hydrogens (tertiary/aromatic N) is 3. The Balaban J connectivity index is 1.55. The Hall–Kier alpha value is -0.930. The zero-order chi connectivity index (χ0) is 13.6. The van der Waals surface area contributed by atoms with Crippen molar-refractivity contribution in [3.05, 3.63) is 30.1 Å². The second-order valence-corrected chi connectivity index (χ2v) is 6.30. The highest BCUT2D eigenvalue weighted by molar-refractivity contribution is 5.03. The van der Waals surface area contributed by atoms with Crippen LogP contribution in [0.2, 0.25) is 0 Å². The SMILES string of the molecule is c1ccc(CN2CCC[C@H](N3CCCCCC3)C2)nc1. The van der Waals surface area contributed by atoms with Gasteiger partial charge in [-0.1, -0.05) is 18.9 Å². The van der Waals surface area contributed by atoms with Gasteiger partial charge in [0.05, 0.1) is 5.69 Å². The first-order valence-corrected chi connectivity index (χ1v) is 8.28. The van der Waals surface area contributed by atoms with E-state index >= 15 is 0 Å². The molecule has 3 heteroatoms. The molecule has 3 heterocycles. The van der Waals surface area contributed by atoms with Crippen molar-refractivity contribution < 1.29 is 0 Å². The van der Waals surface area contributed by atoms with Crippen LogP contribution in [0.1, 0.15) is 44.2 Å². The number of aromatic nitrogens is 1. The second-order valence-electron chi connectivity index (χ2n) is 6.30. The fraction of sp³-hybridized carbons (Fsp3) is 0.706. The Morgan fingerprint density at radius 3 is 2.60 bits per heavy atom. The normalized spacial score (nSPS) is 26.3. The van der Waals surface area contributed by atoms with Crippen LogP contribution in [-0.2, 0) is 6.54 Å². The molecule has 2 aliphatic rings. The average Bonchev–Trinajstić information content (AvgIpc) is 2.78. The van der Waals surface area contributed by atoms with Gasteiger partial charge in [-0.05, 0) is 57.5 Å². The summed E-state index contributed by atoms with van der Waals surface area (Å²) in [7, 11) is 0. The Morgan fingerprint density at radius 1 is 1.00 bits per heavy atom. The zero-order valence-electron chi connectivity index (χ0n) is 12.5. The first-order valence-electron chi connectivity index (χ1n) is 8.28. The van der Waals surface area contributed by atoms with Crippen molar-refractivity contribution in [3.63, 3.8) is 0 Å². The van der Waals surface area contributed by atoms with Crippen LogP contribution in [0.15, 0.2) is 24.4 Å². The summed E-state index contributed by atoms with van der Waals surface area (Å²) in [6.07, 6.45) is 10.3. The fourth-order valence-electron chi connectivity index (χ4n) is 3.65. The monoisotopic (exact) mass is 273 g/mol. The molecule has 20 heavy (non-hydrogen) atoms. The topological polar surface area (TPSA) is 19.4 Å². The standard InChI is InChI=1S/C17H27N3/c1-2-6-13-20(12-5-1)17-9-7-11-19(15-17)14-16-8-3-4-10-18-16/h3-4,8,10,17H,1-2,5-7,9,11-15H2/t17-/m0/s1. The molecule has 110 valence electrons. The van der Waals surface area contributed by atoms with E-state index in [0.717, 1.165) is 12.6 Å². The third kappa shape index (κ3) is 3.80. The second kappa shape index (κ2) is 7.19. The lowest BCUT2D eigenvalue weighted by atomic mass is 10.0. The fourth-order valence-corrected chi connectivity index (χ4v) is 3.65. The summed E-state index contributed by atoms with van der Waals surface area (Å²) < 4.78 is 0. The molecule has 0 spiro atoms. The van der Waals surface area contributed by atoms with Gasteiger partial charge in [0.2, 0.25) is 0 Å². The summed E-state index contributed by atoms with van der Waals surface area (Å²) >= 11 is 0. The first-order chi connectivity index (χ1) is 9.92. The quantitative estimate of drug-likeness (QED) is 0.844. The van der Waals surface area contributed by atoms with E-state index in [1.807, 2.05) is 12.3 Å². The van der Waals surface area contributed by atoms with Gasteiger partial charge in [-0.15, -0.1) is 0 Å². The van der Waals surface area contributed by atoms with Crippen LogP contribution < -0.4 is 0 Å². The minimum absolute atomic E-state index is 0.783. The van der Waals surface area contributed by atoms with Gasteiger partial charge in [-0.3, -0.25) is 14.8 Å². The van der Waals surface area contributed by atoms with Crippen LogP contribution >= 0.6 is 0 Å². The highest BCUT2D eigenvalue weighted by Crippen LogP contribution is 2.20. The van der Waals surface area contributed by atoms with E-state index in [9.17, 15) is 0 Å². The summed E-state index contributed by atoms with van der Waals surface area (Å²) in [6.45, 7) is 6.13. The number of piperidine rings is 1. The Morgan fingerprint density at radius 2 is 1.85 bits per heavy atom. The summed E-state index contributed by atoms with van der Waals surface area (Å²) in [5.74, 6) is 0. The van der Waals surface area contributed by atoms with Gasteiger partial charge in [0.15, 0.2) is 0 Å². The van der Waals surface area contributed by atoms with E-state index in [1.54, 1.807) is 0 Å². The van der Waals surface area contributed by atoms with Gasteiger partial charge in [-0.25, -0.2) is 0 Å². The molecule has 0 aromatic carbocycles. The molecule has 2 aliphatic heterocycles. The summed E-state index contributed by atoms with van der Waals surface area (Å²) in [6, 6.07) is 7.03. The summed E-state index contributed by atoms with van der Waals surface area (Å²) in [5, 5.41) is 0. The van der Waals surface area contributed by atoms with Crippen LogP contribution in [0, 0.1) is 0 Å². The van der Waals surface area contributed by atoms with E-state index in [2.05, 4.69) is 26.9 Å². The minimum atomic E-state index is 0.783. The number of pyridine rings is 1. The molecule has 1 atom stereocenters. The van der Waals surface area contributed by atoms with Crippen molar-refractivity contribution in [1.82, 2.24) is 14.8 Å². The molecule has 2 fully saturated rings. The van der Waals surface area contributed by atoms with Crippen LogP contribution in [0.4, 0.5) is 0 Å². The predicted molar refractivity (Wildman–Crippen MR) is 82.6 cm³/mol. The lowest BCUT2D eigenvalue weighted by molar-refractivity contribution is 0.0949. The number of hydrogen-bond donors (Lipinski definition) is 0. The van der Waals surface area contributed by atoms with E-state index in [1.165, 1.54) is 70.4 Å². The molecule has 0 aliphatic carbocycles. The molecule has 0 amide bonds.